The van der Waals surface area contributed by atoms with Gasteiger partial charge in [-0.1, -0.05) is 12.1 Å². The predicted molar refractivity (Wildman–Crippen MR) is 99.4 cm³/mol. The number of amides is 1. The van der Waals surface area contributed by atoms with Crippen LogP contribution in [0, 0.1) is 3.57 Å². The minimum Gasteiger partial charge on any atom is -0.350 e. The van der Waals surface area contributed by atoms with E-state index in [2.05, 4.69) is 51.2 Å². The summed E-state index contributed by atoms with van der Waals surface area (Å²) >= 11 is 4.06. The normalized spacial score (nSPS) is 16.1. The first kappa shape index (κ1) is 16.0. The number of benzene rings is 1. The van der Waals surface area contributed by atoms with Crippen LogP contribution in [0.4, 0.5) is 0 Å². The largest absolute Gasteiger partial charge is 0.350 e. The lowest BCUT2D eigenvalue weighted by molar-refractivity contribution is 0.0932. The van der Waals surface area contributed by atoms with Crippen molar-refractivity contribution in [3.8, 4) is 0 Å². The number of thiophene rings is 1. The van der Waals surface area contributed by atoms with Crippen molar-refractivity contribution in [2.24, 2.45) is 0 Å². The van der Waals surface area contributed by atoms with Crippen molar-refractivity contribution in [3.63, 3.8) is 0 Å². The molecule has 3 nitrogen and oxygen atoms in total. The molecule has 1 N–H and O–H groups in total. The van der Waals surface area contributed by atoms with Crippen LogP contribution in [0.15, 0.2) is 35.7 Å². The lowest BCUT2D eigenvalue weighted by atomic mass is 10.1. The van der Waals surface area contributed by atoms with E-state index in [9.17, 15) is 4.79 Å². The van der Waals surface area contributed by atoms with Gasteiger partial charge in [0.2, 0.25) is 0 Å². The first-order valence-corrected chi connectivity index (χ1v) is 9.43. The van der Waals surface area contributed by atoms with Crippen molar-refractivity contribution >= 4 is 39.8 Å². The Morgan fingerprint density at radius 2 is 2.23 bits per heavy atom. The topological polar surface area (TPSA) is 32.3 Å². The molecule has 2 aromatic rings. The van der Waals surface area contributed by atoms with Crippen LogP contribution in [-0.4, -0.2) is 29.9 Å². The lowest BCUT2D eigenvalue weighted by Crippen LogP contribution is -2.44. The van der Waals surface area contributed by atoms with Gasteiger partial charge in [-0.25, -0.2) is 0 Å². The number of fused-ring (bicyclic) bond motifs is 1. The minimum absolute atomic E-state index is 0.0186. The van der Waals surface area contributed by atoms with Crippen molar-refractivity contribution < 1.29 is 4.79 Å². The van der Waals surface area contributed by atoms with Crippen molar-refractivity contribution in [2.75, 3.05) is 13.1 Å². The summed E-state index contributed by atoms with van der Waals surface area (Å²) < 4.78 is 0.992. The number of nitrogens with zero attached hydrogens (tertiary/aromatic N) is 1. The molecular formula is C17H19IN2OS. The standard InChI is InChI=1S/C17H19IN2OS/c1-12(20-8-6-16-13(11-20)7-9-22-16)10-19-17(21)14-4-2-3-5-15(14)18/h2-5,7,9,12H,6,8,10-11H2,1H3,(H,19,21). The molecule has 0 saturated heterocycles. The summed E-state index contributed by atoms with van der Waals surface area (Å²) in [5, 5.41) is 5.25. The van der Waals surface area contributed by atoms with Crippen LogP contribution in [0.1, 0.15) is 27.7 Å². The lowest BCUT2D eigenvalue weighted by Gasteiger charge is -2.32. The summed E-state index contributed by atoms with van der Waals surface area (Å²) in [4.78, 5) is 16.2. The molecule has 0 fully saturated rings. The highest BCUT2D eigenvalue weighted by Gasteiger charge is 2.22. The van der Waals surface area contributed by atoms with E-state index in [0.29, 0.717) is 12.6 Å². The number of carbonyl (C=O) groups excluding carboxylic acids is 1. The molecule has 1 aromatic heterocycles. The number of nitrogens with one attached hydrogen (secondary N) is 1. The third kappa shape index (κ3) is 3.52. The SMILES string of the molecule is CC(CNC(=O)c1ccccc1I)N1CCc2sccc2C1. The van der Waals surface area contributed by atoms with Gasteiger partial charge in [0.05, 0.1) is 5.56 Å². The van der Waals surface area contributed by atoms with E-state index in [0.717, 1.165) is 28.6 Å². The number of halogens is 1. The Bertz CT molecular complexity index is 670. The molecule has 0 aliphatic carbocycles. The second-order valence-electron chi connectivity index (χ2n) is 5.63. The zero-order valence-corrected chi connectivity index (χ0v) is 15.5. The Hall–Kier alpha value is -0.920. The summed E-state index contributed by atoms with van der Waals surface area (Å²) in [7, 11) is 0. The number of hydrogen-bond acceptors (Lipinski definition) is 3. The zero-order chi connectivity index (χ0) is 15.5. The smallest absolute Gasteiger partial charge is 0.252 e. The third-order valence-electron chi connectivity index (χ3n) is 4.14. The second-order valence-corrected chi connectivity index (χ2v) is 7.79. The molecule has 1 aliphatic heterocycles. The van der Waals surface area contributed by atoms with Gasteiger partial charge in [-0.2, -0.15) is 0 Å². The van der Waals surface area contributed by atoms with E-state index in [4.69, 9.17) is 0 Å². The number of hydrogen-bond donors (Lipinski definition) is 1. The van der Waals surface area contributed by atoms with Crippen LogP contribution in [0.3, 0.4) is 0 Å². The molecule has 1 unspecified atom stereocenters. The Morgan fingerprint density at radius 1 is 1.41 bits per heavy atom. The van der Waals surface area contributed by atoms with E-state index in [1.807, 2.05) is 35.6 Å². The summed E-state index contributed by atoms with van der Waals surface area (Å²) in [6.45, 7) is 4.95. The molecule has 22 heavy (non-hydrogen) atoms. The van der Waals surface area contributed by atoms with Crippen molar-refractivity contribution in [1.82, 2.24) is 10.2 Å². The van der Waals surface area contributed by atoms with Gasteiger partial charge in [0.25, 0.3) is 5.91 Å². The molecule has 0 bridgehead atoms. The van der Waals surface area contributed by atoms with Gasteiger partial charge in [0.1, 0.15) is 0 Å². The van der Waals surface area contributed by atoms with Gasteiger partial charge in [-0.3, -0.25) is 9.69 Å². The molecule has 1 aliphatic rings. The highest BCUT2D eigenvalue weighted by Crippen LogP contribution is 2.25. The van der Waals surface area contributed by atoms with Crippen molar-refractivity contribution in [1.29, 1.82) is 0 Å². The van der Waals surface area contributed by atoms with E-state index in [1.165, 1.54) is 10.4 Å². The van der Waals surface area contributed by atoms with Crippen LogP contribution in [0.25, 0.3) is 0 Å². The van der Waals surface area contributed by atoms with Gasteiger partial charge in [-0.05, 0) is 65.1 Å². The second kappa shape index (κ2) is 7.10. The van der Waals surface area contributed by atoms with Gasteiger partial charge >= 0.3 is 0 Å². The van der Waals surface area contributed by atoms with Gasteiger partial charge in [0, 0.05) is 34.1 Å². The van der Waals surface area contributed by atoms with Crippen LogP contribution >= 0.6 is 33.9 Å². The molecule has 1 aromatic carbocycles. The molecule has 0 saturated carbocycles. The molecule has 0 radical (unpaired) electrons. The monoisotopic (exact) mass is 426 g/mol. The van der Waals surface area contributed by atoms with Crippen LogP contribution in [-0.2, 0) is 13.0 Å². The van der Waals surface area contributed by atoms with Crippen molar-refractivity contribution in [3.05, 3.63) is 55.3 Å². The number of carbonyl (C=O) groups is 1. The number of rotatable bonds is 4. The summed E-state index contributed by atoms with van der Waals surface area (Å²) in [6.07, 6.45) is 1.13. The molecule has 1 amide bonds. The van der Waals surface area contributed by atoms with Crippen LogP contribution in [0.5, 0.6) is 0 Å². The van der Waals surface area contributed by atoms with Crippen LogP contribution < -0.4 is 5.32 Å². The first-order chi connectivity index (χ1) is 10.6. The maximum absolute atomic E-state index is 12.3. The fourth-order valence-electron chi connectivity index (χ4n) is 2.76. The van der Waals surface area contributed by atoms with Gasteiger partial charge in [0.15, 0.2) is 0 Å². The zero-order valence-electron chi connectivity index (χ0n) is 12.5. The minimum atomic E-state index is 0.0186. The molecule has 0 spiro atoms. The predicted octanol–water partition coefficient (Wildman–Crippen LogP) is 3.53. The summed E-state index contributed by atoms with van der Waals surface area (Å²) in [6, 6.07) is 10.3. The maximum atomic E-state index is 12.3. The molecule has 116 valence electrons. The van der Waals surface area contributed by atoms with E-state index in [-0.39, 0.29) is 5.91 Å². The Morgan fingerprint density at radius 3 is 3.05 bits per heavy atom. The molecule has 1 atom stereocenters. The Balaban J connectivity index is 1.56. The average Bonchev–Trinajstić information content (AvgIpc) is 3.00. The molecular weight excluding hydrogens is 407 g/mol. The molecule has 3 rings (SSSR count). The Labute approximate surface area is 148 Å². The van der Waals surface area contributed by atoms with E-state index in [1.54, 1.807) is 0 Å². The highest BCUT2D eigenvalue weighted by atomic mass is 127. The quantitative estimate of drug-likeness (QED) is 0.759. The van der Waals surface area contributed by atoms with E-state index < -0.39 is 0 Å². The Kier molecular flexibility index (Phi) is 5.15. The highest BCUT2D eigenvalue weighted by molar-refractivity contribution is 14.1. The van der Waals surface area contributed by atoms with E-state index >= 15 is 0 Å². The fourth-order valence-corrected chi connectivity index (χ4v) is 4.28. The fraction of sp³-hybridized carbons (Fsp3) is 0.353. The summed E-state index contributed by atoms with van der Waals surface area (Å²) in [5.41, 5.74) is 2.21. The maximum Gasteiger partial charge on any atom is 0.252 e. The van der Waals surface area contributed by atoms with Crippen molar-refractivity contribution in [2.45, 2.75) is 25.9 Å². The molecule has 5 heteroatoms. The third-order valence-corrected chi connectivity index (χ3v) is 6.10. The summed E-state index contributed by atoms with van der Waals surface area (Å²) in [5.74, 6) is 0.0186. The first-order valence-electron chi connectivity index (χ1n) is 7.47. The average molecular weight is 426 g/mol. The van der Waals surface area contributed by atoms with Gasteiger partial charge in [-0.15, -0.1) is 11.3 Å². The molecule has 2 heterocycles. The van der Waals surface area contributed by atoms with Gasteiger partial charge < -0.3 is 5.32 Å². The van der Waals surface area contributed by atoms with Crippen LogP contribution in [0.2, 0.25) is 0 Å².